The van der Waals surface area contributed by atoms with Crippen molar-refractivity contribution in [2.45, 2.75) is 91.1 Å². The van der Waals surface area contributed by atoms with Crippen LogP contribution in [0.1, 0.15) is 71.2 Å². The minimum atomic E-state index is -1.17. The summed E-state index contributed by atoms with van der Waals surface area (Å²) in [6.07, 6.45) is 4.03. The second kappa shape index (κ2) is 18.9. The molecule has 6 bridgehead atoms. The normalized spacial score (nSPS) is 21.2. The Morgan fingerprint density at radius 1 is 1.09 bits per heavy atom. The molecular weight excluding hydrogens is 817 g/mol. The van der Waals surface area contributed by atoms with E-state index in [0.29, 0.717) is 43.5 Å². The number of phenols is 1. The average Bonchev–Trinajstić information content (AvgIpc) is 3.91. The third-order valence-corrected chi connectivity index (χ3v) is 12.6. The van der Waals surface area contributed by atoms with Crippen LogP contribution in [-0.2, 0) is 46.4 Å². The molecule has 0 unspecified atom stereocenters. The number of H-pyrrole nitrogens is 1. The largest absolute Gasteiger partial charge is 0.508 e. The number of nitrogens with one attached hydrogen (secondary N) is 3. The Kier molecular flexibility index (Phi) is 13.6. The highest BCUT2D eigenvalue weighted by molar-refractivity contribution is 5.94. The molecule has 64 heavy (non-hydrogen) atoms. The second-order valence-corrected chi connectivity index (χ2v) is 18.5. The van der Waals surface area contributed by atoms with Crippen molar-refractivity contribution < 1.29 is 43.1 Å². The van der Waals surface area contributed by atoms with E-state index in [9.17, 15) is 29.1 Å². The fourth-order valence-electron chi connectivity index (χ4n) is 9.22. The molecule has 2 fully saturated rings. The Balaban J connectivity index is 1.28. The topological polar surface area (TPSA) is 190 Å². The Labute approximate surface area is 374 Å². The lowest BCUT2D eigenvalue weighted by Gasteiger charge is -2.37. The Morgan fingerprint density at radius 3 is 2.61 bits per heavy atom. The van der Waals surface area contributed by atoms with Gasteiger partial charge < -0.3 is 29.7 Å². The number of amides is 4. The summed E-state index contributed by atoms with van der Waals surface area (Å²) >= 11 is 0. The van der Waals surface area contributed by atoms with Crippen molar-refractivity contribution in [2.75, 3.05) is 40.4 Å². The quantitative estimate of drug-likeness (QED) is 0.108. The van der Waals surface area contributed by atoms with Gasteiger partial charge in [0.05, 0.1) is 29.8 Å². The van der Waals surface area contributed by atoms with Gasteiger partial charge in [-0.3, -0.25) is 34.0 Å². The van der Waals surface area contributed by atoms with Crippen molar-refractivity contribution in [1.29, 1.82) is 0 Å². The number of likely N-dealkylation sites (N-methyl/N-ethyl adjacent to an activating group) is 1. The lowest BCUT2D eigenvalue weighted by molar-refractivity contribution is -0.673. The van der Waals surface area contributed by atoms with Crippen molar-refractivity contribution in [3.05, 3.63) is 78.6 Å². The van der Waals surface area contributed by atoms with Crippen LogP contribution in [-0.4, -0.2) is 118 Å². The van der Waals surface area contributed by atoms with Gasteiger partial charge in [-0.15, -0.1) is 0 Å². The number of imidazole rings is 1. The molecule has 3 aliphatic heterocycles. The number of nitrogens with zero attached hydrogens (tertiary/aromatic N) is 5. The van der Waals surface area contributed by atoms with Gasteiger partial charge in [-0.1, -0.05) is 40.3 Å². The molecule has 340 valence electrons. The van der Waals surface area contributed by atoms with Gasteiger partial charge in [-0.2, -0.15) is 0 Å². The maximum absolute atomic E-state index is 14.6. The molecule has 4 aromatic rings. The first-order valence-electron chi connectivity index (χ1n) is 22.1. The Bertz CT molecular complexity index is 2450. The molecule has 0 aliphatic carbocycles. The SMILES string of the molecule is C=CC(=O)N1CC[C@H](C(=O)N(C)[C@H](C(=O)N[C@H]2Cc3cc(O)cc(c3)-c3ccc4[nH]c(-c5cccnc5[C@H](C)OC)[n+](c4c3)CC(C)(C)COC(=O)[C@@H]3CCCN(N3)C2=O)C(C)C)C1. The third-order valence-electron chi connectivity index (χ3n) is 12.6. The van der Waals surface area contributed by atoms with Crippen LogP contribution >= 0.6 is 0 Å². The van der Waals surface area contributed by atoms with Crippen molar-refractivity contribution in [1.82, 2.24) is 35.5 Å². The molecule has 0 radical (unpaired) electrons. The zero-order valence-electron chi connectivity index (χ0n) is 37.8. The van der Waals surface area contributed by atoms with Gasteiger partial charge in [0.15, 0.2) is 11.0 Å². The lowest BCUT2D eigenvalue weighted by atomic mass is 9.94. The van der Waals surface area contributed by atoms with Crippen molar-refractivity contribution in [3.8, 4) is 28.3 Å². The smallest absolute Gasteiger partial charge is 0.324 e. The summed E-state index contributed by atoms with van der Waals surface area (Å²) in [5.74, 6) is -2.12. The average molecular weight is 878 g/mol. The maximum Gasteiger partial charge on any atom is 0.324 e. The zero-order valence-corrected chi connectivity index (χ0v) is 37.8. The number of carbonyl (C=O) groups is 5. The number of phenolic OH excluding ortho intramolecular Hbond substituents is 1. The summed E-state index contributed by atoms with van der Waals surface area (Å²) in [6, 6.07) is 12.0. The van der Waals surface area contributed by atoms with Crippen LogP contribution in [0.15, 0.2) is 67.4 Å². The predicted octanol–water partition coefficient (Wildman–Crippen LogP) is 4.22. The number of aromatic nitrogens is 3. The van der Waals surface area contributed by atoms with Crippen LogP contribution in [0.25, 0.3) is 33.5 Å². The number of hydrogen-bond acceptors (Lipinski definition) is 10. The Morgan fingerprint density at radius 2 is 1.88 bits per heavy atom. The van der Waals surface area contributed by atoms with E-state index in [1.54, 1.807) is 37.4 Å². The molecule has 4 N–H and O–H groups in total. The standard InChI is InChI=1S/C48H60N8O8/c1-9-40(58)54-19-16-32(25-54)45(60)53(7)42(28(2)3)44(59)51-38-22-30-20-33(23-34(57)21-30)31-14-15-36-39(24-31)55(43(50-36)35-12-10-17-49-41(35)29(4)63-8)26-48(5,6)27-64-47(62)37-13-11-18-56(52-37)46(38)61/h9-10,12,14-15,17,20-21,23-24,28-29,32,37-38,42,52H,1,11,13,16,18-19,22,25-27H2,2-8H3,(H2,51,57,59)/p+1/t29-,32-,37-,38-,42-/m0/s1. The molecule has 0 saturated carbocycles. The van der Waals surface area contributed by atoms with E-state index < -0.39 is 47.2 Å². The summed E-state index contributed by atoms with van der Waals surface area (Å²) in [4.78, 5) is 80.4. The van der Waals surface area contributed by atoms with Crippen LogP contribution in [0.4, 0.5) is 0 Å². The van der Waals surface area contributed by atoms with E-state index >= 15 is 0 Å². The molecule has 5 atom stereocenters. The first-order valence-corrected chi connectivity index (χ1v) is 22.1. The molecule has 2 aromatic carbocycles. The molecule has 7 rings (SSSR count). The minimum absolute atomic E-state index is 0.0187. The van der Waals surface area contributed by atoms with E-state index in [0.717, 1.165) is 33.7 Å². The zero-order chi connectivity index (χ0) is 46.0. The number of esters is 1. The van der Waals surface area contributed by atoms with Crippen LogP contribution in [0.3, 0.4) is 0 Å². The van der Waals surface area contributed by atoms with Gasteiger partial charge in [0.1, 0.15) is 30.5 Å². The molecular formula is C48H61N8O8+. The number of carbonyl (C=O) groups excluding carboxylic acids is 5. The lowest BCUT2D eigenvalue weighted by Crippen LogP contribution is -2.62. The van der Waals surface area contributed by atoms with Gasteiger partial charge in [0, 0.05) is 51.8 Å². The third kappa shape index (κ3) is 9.67. The number of hydrazine groups is 1. The van der Waals surface area contributed by atoms with Crippen LogP contribution in [0, 0.1) is 17.3 Å². The number of fused-ring (bicyclic) bond motifs is 6. The van der Waals surface area contributed by atoms with Gasteiger partial charge >= 0.3 is 5.97 Å². The number of rotatable bonds is 9. The predicted molar refractivity (Wildman–Crippen MR) is 239 cm³/mol. The highest BCUT2D eigenvalue weighted by atomic mass is 16.5. The molecule has 16 heteroatoms. The number of pyridine rings is 1. The minimum Gasteiger partial charge on any atom is -0.508 e. The van der Waals surface area contributed by atoms with E-state index in [4.69, 9.17) is 14.5 Å². The number of cyclic esters (lactones) is 1. The number of aromatic amines is 1. The molecule has 4 amide bonds. The van der Waals surface area contributed by atoms with Gasteiger partial charge in [-0.05, 0) is 97.3 Å². The van der Waals surface area contributed by atoms with Crippen LogP contribution in [0.5, 0.6) is 5.75 Å². The summed E-state index contributed by atoms with van der Waals surface area (Å²) in [6.45, 7) is 14.6. The highest BCUT2D eigenvalue weighted by Gasteiger charge is 2.40. The van der Waals surface area contributed by atoms with Crippen LogP contribution < -0.4 is 15.3 Å². The fourth-order valence-corrected chi connectivity index (χ4v) is 9.22. The molecule has 0 spiro atoms. The summed E-state index contributed by atoms with van der Waals surface area (Å²) < 4.78 is 13.9. The van der Waals surface area contributed by atoms with Crippen molar-refractivity contribution >= 4 is 40.6 Å². The summed E-state index contributed by atoms with van der Waals surface area (Å²) in [7, 11) is 3.22. The number of aromatic hydroxyl groups is 1. The van der Waals surface area contributed by atoms with E-state index in [2.05, 4.69) is 26.9 Å². The van der Waals surface area contributed by atoms with E-state index in [1.165, 1.54) is 16.0 Å². The first-order chi connectivity index (χ1) is 30.5. The van der Waals surface area contributed by atoms with Gasteiger partial charge in [0.25, 0.3) is 11.7 Å². The molecule has 2 saturated heterocycles. The molecule has 2 aromatic heterocycles. The monoisotopic (exact) mass is 877 g/mol. The molecule has 3 aliphatic rings. The Hall–Kier alpha value is -6.13. The molecule has 5 heterocycles. The second-order valence-electron chi connectivity index (χ2n) is 18.5. The van der Waals surface area contributed by atoms with Crippen LogP contribution in [0.2, 0.25) is 0 Å². The fraction of sp³-hybridized carbons (Fsp3) is 0.479. The van der Waals surface area contributed by atoms with E-state index in [1.807, 2.05) is 71.0 Å². The number of benzene rings is 2. The van der Waals surface area contributed by atoms with Crippen molar-refractivity contribution in [2.24, 2.45) is 17.3 Å². The maximum atomic E-state index is 14.6. The van der Waals surface area contributed by atoms with Crippen molar-refractivity contribution in [3.63, 3.8) is 0 Å². The van der Waals surface area contributed by atoms with Gasteiger partial charge in [-0.25, -0.2) is 15.0 Å². The molecule has 16 nitrogen and oxygen atoms in total. The first kappa shape index (κ1) is 45.9. The summed E-state index contributed by atoms with van der Waals surface area (Å²) in [5.41, 5.74) is 7.89. The van der Waals surface area contributed by atoms with E-state index in [-0.39, 0.29) is 55.7 Å². The van der Waals surface area contributed by atoms with Gasteiger partial charge in [0.2, 0.25) is 17.7 Å². The number of likely N-dealkylation sites (tertiary alicyclic amines) is 1. The number of ether oxygens (including phenoxy) is 2. The number of hydrogen-bond donors (Lipinski definition) is 4. The highest BCUT2D eigenvalue weighted by Crippen LogP contribution is 2.33. The number of methoxy groups -OCH3 is 1. The summed E-state index contributed by atoms with van der Waals surface area (Å²) in [5, 5.41) is 15.6.